The highest BCUT2D eigenvalue weighted by Crippen LogP contribution is 2.31. The highest BCUT2D eigenvalue weighted by Gasteiger charge is 2.33. The van der Waals surface area contributed by atoms with Gasteiger partial charge in [-0.25, -0.2) is 0 Å². The van der Waals surface area contributed by atoms with Gasteiger partial charge in [-0.1, -0.05) is 0 Å². The average Bonchev–Trinajstić information content (AvgIpc) is 2.01. The molecular weight excluding hydrogens is 193 g/mol. The van der Waals surface area contributed by atoms with Crippen molar-refractivity contribution in [1.82, 2.24) is 9.88 Å². The second-order valence-electron chi connectivity index (χ2n) is 3.23. The molecule has 1 aromatic rings. The minimum absolute atomic E-state index is 0.0602. The molecule has 0 saturated heterocycles. The molecule has 2 nitrogen and oxygen atoms in total. The molecule has 0 saturated carbocycles. The van der Waals surface area contributed by atoms with Gasteiger partial charge in [0.25, 0.3) is 0 Å². The molecule has 0 aromatic carbocycles. The van der Waals surface area contributed by atoms with Crippen LogP contribution in [0.2, 0.25) is 0 Å². The predicted octanol–water partition coefficient (Wildman–Crippen LogP) is 2.16. The quantitative estimate of drug-likeness (QED) is 0.733. The second kappa shape index (κ2) is 3.96. The SMILES string of the molecule is CN(C)Cc1ncccc1C(F)(F)F. The highest BCUT2D eigenvalue weighted by molar-refractivity contribution is 5.22. The summed E-state index contributed by atoms with van der Waals surface area (Å²) >= 11 is 0. The molecule has 0 aliphatic carbocycles. The number of hydrogen-bond acceptors (Lipinski definition) is 2. The Morgan fingerprint density at radius 2 is 2.00 bits per heavy atom. The van der Waals surface area contributed by atoms with Gasteiger partial charge in [-0.2, -0.15) is 13.2 Å². The normalized spacial score (nSPS) is 12.1. The van der Waals surface area contributed by atoms with Gasteiger partial charge in [-0.15, -0.1) is 0 Å². The van der Waals surface area contributed by atoms with E-state index in [0.29, 0.717) is 0 Å². The first-order chi connectivity index (χ1) is 6.41. The lowest BCUT2D eigenvalue weighted by Gasteiger charge is -2.14. The van der Waals surface area contributed by atoms with Crippen LogP contribution >= 0.6 is 0 Å². The fourth-order valence-electron chi connectivity index (χ4n) is 1.12. The maximum atomic E-state index is 12.4. The summed E-state index contributed by atoms with van der Waals surface area (Å²) in [5.41, 5.74) is -0.598. The van der Waals surface area contributed by atoms with E-state index in [1.807, 2.05) is 0 Å². The first kappa shape index (κ1) is 11.0. The lowest BCUT2D eigenvalue weighted by atomic mass is 10.2. The minimum atomic E-state index is -4.32. The molecule has 1 rings (SSSR count). The maximum absolute atomic E-state index is 12.4. The number of alkyl halides is 3. The molecule has 0 amide bonds. The lowest BCUT2D eigenvalue weighted by Crippen LogP contribution is -2.17. The Morgan fingerprint density at radius 3 is 2.50 bits per heavy atom. The Kier molecular flexibility index (Phi) is 3.10. The van der Waals surface area contributed by atoms with Crippen molar-refractivity contribution in [2.75, 3.05) is 14.1 Å². The van der Waals surface area contributed by atoms with E-state index in [-0.39, 0.29) is 12.2 Å². The van der Waals surface area contributed by atoms with E-state index in [4.69, 9.17) is 0 Å². The fourth-order valence-corrected chi connectivity index (χ4v) is 1.12. The third kappa shape index (κ3) is 2.70. The Labute approximate surface area is 80.4 Å². The first-order valence-electron chi connectivity index (χ1n) is 4.07. The van der Waals surface area contributed by atoms with Crippen LogP contribution in [0, 0.1) is 0 Å². The van der Waals surface area contributed by atoms with E-state index in [1.165, 1.54) is 12.3 Å². The summed E-state index contributed by atoms with van der Waals surface area (Å²) in [6.07, 6.45) is -2.95. The van der Waals surface area contributed by atoms with Crippen LogP contribution in [0.15, 0.2) is 18.3 Å². The van der Waals surface area contributed by atoms with Crippen molar-refractivity contribution in [2.45, 2.75) is 12.7 Å². The summed E-state index contributed by atoms with van der Waals surface area (Å²) in [5, 5.41) is 0. The number of pyridine rings is 1. The van der Waals surface area contributed by atoms with Crippen molar-refractivity contribution in [3.05, 3.63) is 29.6 Å². The molecule has 1 heterocycles. The van der Waals surface area contributed by atoms with Gasteiger partial charge in [-0.05, 0) is 26.2 Å². The molecule has 1 aromatic heterocycles. The topological polar surface area (TPSA) is 16.1 Å². The van der Waals surface area contributed by atoms with Crippen molar-refractivity contribution in [3.63, 3.8) is 0 Å². The zero-order valence-corrected chi connectivity index (χ0v) is 7.97. The molecule has 5 heteroatoms. The minimum Gasteiger partial charge on any atom is -0.304 e. The summed E-state index contributed by atoms with van der Waals surface area (Å²) in [7, 11) is 3.41. The zero-order chi connectivity index (χ0) is 10.8. The van der Waals surface area contributed by atoms with Gasteiger partial charge in [0, 0.05) is 12.7 Å². The van der Waals surface area contributed by atoms with Crippen molar-refractivity contribution in [2.24, 2.45) is 0 Å². The zero-order valence-electron chi connectivity index (χ0n) is 7.97. The maximum Gasteiger partial charge on any atom is 0.418 e. The van der Waals surface area contributed by atoms with Crippen LogP contribution in [0.25, 0.3) is 0 Å². The van der Waals surface area contributed by atoms with Gasteiger partial charge in [-0.3, -0.25) is 4.98 Å². The molecular formula is C9H11F3N2. The molecule has 0 bridgehead atoms. The van der Waals surface area contributed by atoms with Gasteiger partial charge in [0.05, 0.1) is 11.3 Å². The van der Waals surface area contributed by atoms with E-state index in [9.17, 15) is 13.2 Å². The van der Waals surface area contributed by atoms with Crippen LogP contribution in [0.4, 0.5) is 13.2 Å². The second-order valence-corrected chi connectivity index (χ2v) is 3.23. The number of aromatic nitrogens is 1. The smallest absolute Gasteiger partial charge is 0.304 e. The monoisotopic (exact) mass is 204 g/mol. The molecule has 0 radical (unpaired) electrons. The summed E-state index contributed by atoms with van der Waals surface area (Å²) in [6.45, 7) is 0.190. The van der Waals surface area contributed by atoms with Crippen LogP contribution in [-0.4, -0.2) is 24.0 Å². The van der Waals surface area contributed by atoms with E-state index >= 15 is 0 Å². The number of halogens is 3. The van der Waals surface area contributed by atoms with E-state index < -0.39 is 11.7 Å². The molecule has 0 spiro atoms. The highest BCUT2D eigenvalue weighted by atomic mass is 19.4. The van der Waals surface area contributed by atoms with E-state index in [2.05, 4.69) is 4.98 Å². The first-order valence-corrected chi connectivity index (χ1v) is 4.07. The van der Waals surface area contributed by atoms with Crippen LogP contribution < -0.4 is 0 Å². The molecule has 0 fully saturated rings. The van der Waals surface area contributed by atoms with Crippen molar-refractivity contribution >= 4 is 0 Å². The van der Waals surface area contributed by atoms with Crippen LogP contribution in [-0.2, 0) is 12.7 Å². The van der Waals surface area contributed by atoms with Crippen molar-refractivity contribution < 1.29 is 13.2 Å². The third-order valence-corrected chi connectivity index (χ3v) is 1.66. The largest absolute Gasteiger partial charge is 0.418 e. The average molecular weight is 204 g/mol. The Balaban J connectivity index is 3.04. The van der Waals surface area contributed by atoms with Crippen LogP contribution in [0.1, 0.15) is 11.3 Å². The molecule has 14 heavy (non-hydrogen) atoms. The lowest BCUT2D eigenvalue weighted by molar-refractivity contribution is -0.138. The van der Waals surface area contributed by atoms with Gasteiger partial charge >= 0.3 is 6.18 Å². The summed E-state index contributed by atoms with van der Waals surface area (Å²) < 4.78 is 37.3. The summed E-state index contributed by atoms with van der Waals surface area (Å²) in [6, 6.07) is 2.34. The predicted molar refractivity (Wildman–Crippen MR) is 46.6 cm³/mol. The van der Waals surface area contributed by atoms with Gasteiger partial charge in [0.1, 0.15) is 0 Å². The van der Waals surface area contributed by atoms with Crippen molar-refractivity contribution in [1.29, 1.82) is 0 Å². The fraction of sp³-hybridized carbons (Fsp3) is 0.444. The summed E-state index contributed by atoms with van der Waals surface area (Å²) in [4.78, 5) is 5.37. The Bertz CT molecular complexity index is 307. The summed E-state index contributed by atoms with van der Waals surface area (Å²) in [5.74, 6) is 0. The molecule has 0 unspecified atom stereocenters. The standard InChI is InChI=1S/C9H11F3N2/c1-14(2)6-8-7(9(10,11)12)4-3-5-13-8/h3-5H,6H2,1-2H3. The molecule has 0 aliphatic rings. The molecule has 0 atom stereocenters. The molecule has 78 valence electrons. The number of hydrogen-bond donors (Lipinski definition) is 0. The third-order valence-electron chi connectivity index (χ3n) is 1.66. The van der Waals surface area contributed by atoms with Crippen molar-refractivity contribution in [3.8, 4) is 0 Å². The van der Waals surface area contributed by atoms with Crippen LogP contribution in [0.5, 0.6) is 0 Å². The van der Waals surface area contributed by atoms with Crippen LogP contribution in [0.3, 0.4) is 0 Å². The Hall–Kier alpha value is -1.10. The van der Waals surface area contributed by atoms with Gasteiger partial charge < -0.3 is 4.90 Å². The number of rotatable bonds is 2. The van der Waals surface area contributed by atoms with Gasteiger partial charge in [0.2, 0.25) is 0 Å². The van der Waals surface area contributed by atoms with E-state index in [1.54, 1.807) is 19.0 Å². The van der Waals surface area contributed by atoms with Gasteiger partial charge in [0.15, 0.2) is 0 Å². The number of nitrogens with zero attached hydrogens (tertiary/aromatic N) is 2. The Morgan fingerprint density at radius 1 is 1.36 bits per heavy atom. The molecule has 0 aliphatic heterocycles. The van der Waals surface area contributed by atoms with E-state index in [0.717, 1.165) is 6.07 Å². The molecule has 0 N–H and O–H groups in total.